The SMILES string of the molecule is CNCC=CC(=O)N(C)c1cccc(-n2c3c(n(-c4ccc(Oc5cccc(F)c5)cc4)c2=O)C(=N)CC2CCC2N3)c1. The maximum atomic E-state index is 14.2. The summed E-state index contributed by atoms with van der Waals surface area (Å²) in [4.78, 5) is 28.5. The third kappa shape index (κ3) is 5.49. The van der Waals surface area contributed by atoms with Crippen LogP contribution in [0.5, 0.6) is 11.5 Å². The lowest BCUT2D eigenvalue weighted by atomic mass is 9.77. The van der Waals surface area contributed by atoms with E-state index < -0.39 is 5.82 Å². The Morgan fingerprint density at radius 1 is 1.07 bits per heavy atom. The number of carbonyl (C=O) groups excluding carboxylic acids is 1. The van der Waals surface area contributed by atoms with Gasteiger partial charge >= 0.3 is 5.69 Å². The molecule has 1 saturated carbocycles. The van der Waals surface area contributed by atoms with Crippen LogP contribution in [0.1, 0.15) is 25.0 Å². The first-order chi connectivity index (χ1) is 20.8. The number of aromatic nitrogens is 2. The molecule has 1 fully saturated rings. The van der Waals surface area contributed by atoms with Gasteiger partial charge in [0.05, 0.1) is 17.1 Å². The highest BCUT2D eigenvalue weighted by molar-refractivity contribution is 6.03. The number of benzene rings is 3. The second kappa shape index (κ2) is 11.7. The topological polar surface area (TPSA) is 104 Å². The van der Waals surface area contributed by atoms with E-state index in [9.17, 15) is 14.0 Å². The monoisotopic (exact) mass is 580 g/mol. The molecule has 1 aromatic heterocycles. The maximum absolute atomic E-state index is 14.2. The van der Waals surface area contributed by atoms with Crippen LogP contribution < -0.4 is 26.0 Å². The van der Waals surface area contributed by atoms with Crippen LogP contribution in [0.4, 0.5) is 15.9 Å². The number of fused-ring (bicyclic) bond motifs is 2. The average molecular weight is 581 g/mol. The van der Waals surface area contributed by atoms with E-state index >= 15 is 0 Å². The first-order valence-corrected chi connectivity index (χ1v) is 14.3. The summed E-state index contributed by atoms with van der Waals surface area (Å²) in [6.45, 7) is 0.576. The number of hydrogen-bond donors (Lipinski definition) is 3. The highest BCUT2D eigenvalue weighted by Crippen LogP contribution is 2.39. The van der Waals surface area contributed by atoms with Gasteiger partial charge in [0.1, 0.15) is 28.8 Å². The average Bonchev–Trinajstić information content (AvgIpc) is 3.25. The van der Waals surface area contributed by atoms with E-state index in [0.29, 0.717) is 64.7 Å². The summed E-state index contributed by atoms with van der Waals surface area (Å²) < 4.78 is 22.6. The minimum absolute atomic E-state index is 0.176. The lowest BCUT2D eigenvalue weighted by Crippen LogP contribution is -2.39. The van der Waals surface area contributed by atoms with Crippen molar-refractivity contribution in [2.24, 2.45) is 5.92 Å². The number of amides is 1. The van der Waals surface area contributed by atoms with Crippen molar-refractivity contribution in [2.45, 2.75) is 25.3 Å². The lowest BCUT2D eigenvalue weighted by Gasteiger charge is -2.36. The van der Waals surface area contributed by atoms with Crippen LogP contribution in [0.2, 0.25) is 0 Å². The number of nitrogens with one attached hydrogen (secondary N) is 3. The normalized spacial score (nSPS) is 17.4. The Bertz CT molecular complexity index is 1770. The minimum Gasteiger partial charge on any atom is -0.457 e. The zero-order valence-electron chi connectivity index (χ0n) is 24.0. The van der Waals surface area contributed by atoms with Crippen LogP contribution in [0.3, 0.4) is 0 Å². The minimum atomic E-state index is -0.394. The van der Waals surface area contributed by atoms with Crippen molar-refractivity contribution in [1.29, 1.82) is 5.41 Å². The number of likely N-dealkylation sites (N-methyl/N-ethyl adjacent to an activating group) is 2. The van der Waals surface area contributed by atoms with E-state index in [1.165, 1.54) is 23.1 Å². The summed E-state index contributed by atoms with van der Waals surface area (Å²) in [5.41, 5.74) is 2.37. The standard InChI is InChI=1S/C33H33FN6O3/c1-36-17-5-10-30(41)38(2)24-7-4-8-25(20-24)40-32-31(28(35)18-21-11-16-29(21)37-32)39(33(40)42)23-12-14-26(15-13-23)43-27-9-3-6-22(34)19-27/h3-10,12-15,19-21,29,35-37H,11,16-18H2,1-2H3. The summed E-state index contributed by atoms with van der Waals surface area (Å²) >= 11 is 0. The molecular weight excluding hydrogens is 547 g/mol. The summed E-state index contributed by atoms with van der Waals surface area (Å²) in [6, 6.07) is 20.3. The highest BCUT2D eigenvalue weighted by atomic mass is 19.1. The predicted octanol–water partition coefficient (Wildman–Crippen LogP) is 5.26. The van der Waals surface area contributed by atoms with Crippen molar-refractivity contribution >= 4 is 23.1 Å². The Morgan fingerprint density at radius 2 is 1.86 bits per heavy atom. The highest BCUT2D eigenvalue weighted by Gasteiger charge is 2.39. The quantitative estimate of drug-likeness (QED) is 0.247. The molecule has 2 unspecified atom stereocenters. The molecule has 4 aromatic rings. The van der Waals surface area contributed by atoms with Gasteiger partial charge in [0.15, 0.2) is 0 Å². The van der Waals surface area contributed by atoms with E-state index in [-0.39, 0.29) is 17.6 Å². The van der Waals surface area contributed by atoms with Gasteiger partial charge in [-0.3, -0.25) is 9.36 Å². The molecule has 6 rings (SSSR count). The Kier molecular flexibility index (Phi) is 7.69. The number of rotatable bonds is 8. The molecule has 9 nitrogen and oxygen atoms in total. The number of ether oxygens (including phenoxy) is 1. The fraction of sp³-hybridized carbons (Fsp3) is 0.242. The van der Waals surface area contributed by atoms with E-state index in [1.807, 2.05) is 25.2 Å². The maximum Gasteiger partial charge on any atom is 0.339 e. The summed E-state index contributed by atoms with van der Waals surface area (Å²) in [5, 5.41) is 15.6. The van der Waals surface area contributed by atoms with Gasteiger partial charge < -0.3 is 25.7 Å². The van der Waals surface area contributed by atoms with Crippen molar-refractivity contribution < 1.29 is 13.9 Å². The molecule has 10 heteroatoms. The van der Waals surface area contributed by atoms with Crippen molar-refractivity contribution in [2.75, 3.05) is 30.9 Å². The summed E-state index contributed by atoms with van der Waals surface area (Å²) in [7, 11) is 3.50. The molecule has 2 aliphatic rings. The van der Waals surface area contributed by atoms with Gasteiger partial charge in [-0.2, -0.15) is 0 Å². The molecule has 1 amide bonds. The molecule has 0 saturated heterocycles. The van der Waals surface area contributed by atoms with E-state index in [2.05, 4.69) is 10.6 Å². The fourth-order valence-electron chi connectivity index (χ4n) is 5.62. The molecule has 1 aliphatic carbocycles. The van der Waals surface area contributed by atoms with Crippen LogP contribution in [-0.2, 0) is 4.79 Å². The summed E-state index contributed by atoms with van der Waals surface area (Å²) in [5.74, 6) is 1.18. The molecule has 0 bridgehead atoms. The number of imidazole rings is 1. The fourth-order valence-corrected chi connectivity index (χ4v) is 5.62. The number of hydrogen-bond acceptors (Lipinski definition) is 6. The van der Waals surface area contributed by atoms with Gasteiger partial charge in [0.25, 0.3) is 0 Å². The molecule has 3 N–H and O–H groups in total. The van der Waals surface area contributed by atoms with Crippen molar-refractivity contribution in [1.82, 2.24) is 14.5 Å². The summed E-state index contributed by atoms with van der Waals surface area (Å²) in [6.07, 6.45) is 5.85. The van der Waals surface area contributed by atoms with Crippen LogP contribution in [-0.4, -0.2) is 47.4 Å². The lowest BCUT2D eigenvalue weighted by molar-refractivity contribution is -0.113. The molecule has 2 heterocycles. The van der Waals surface area contributed by atoms with Gasteiger partial charge in [0.2, 0.25) is 5.91 Å². The molecule has 3 aromatic carbocycles. The van der Waals surface area contributed by atoms with Crippen molar-refractivity contribution in [3.8, 4) is 22.9 Å². The van der Waals surface area contributed by atoms with Gasteiger partial charge in [-0.05, 0) is 86.8 Å². The molecule has 0 radical (unpaired) electrons. The molecule has 2 atom stereocenters. The molecule has 0 spiro atoms. The van der Waals surface area contributed by atoms with Gasteiger partial charge in [-0.25, -0.2) is 13.8 Å². The smallest absolute Gasteiger partial charge is 0.339 e. The van der Waals surface area contributed by atoms with E-state index in [4.69, 9.17) is 10.1 Å². The molecular formula is C33H33FN6O3. The largest absolute Gasteiger partial charge is 0.457 e. The Labute approximate surface area is 248 Å². The Morgan fingerprint density at radius 3 is 2.58 bits per heavy atom. The number of nitrogens with zero attached hydrogens (tertiary/aromatic N) is 3. The number of halogens is 1. The molecule has 220 valence electrons. The van der Waals surface area contributed by atoms with Crippen LogP contribution >= 0.6 is 0 Å². The second-order valence-corrected chi connectivity index (χ2v) is 10.9. The molecule has 1 aliphatic heterocycles. The zero-order valence-corrected chi connectivity index (χ0v) is 24.0. The first kappa shape index (κ1) is 28.2. The van der Waals surface area contributed by atoms with Crippen LogP contribution in [0.15, 0.2) is 89.7 Å². The second-order valence-electron chi connectivity index (χ2n) is 10.9. The third-order valence-corrected chi connectivity index (χ3v) is 8.06. The van der Waals surface area contributed by atoms with Crippen LogP contribution in [0.25, 0.3) is 11.4 Å². The molecule has 43 heavy (non-hydrogen) atoms. The van der Waals surface area contributed by atoms with E-state index in [1.54, 1.807) is 64.7 Å². The van der Waals surface area contributed by atoms with Crippen LogP contribution in [0, 0.1) is 17.1 Å². The zero-order chi connectivity index (χ0) is 30.1. The predicted molar refractivity (Wildman–Crippen MR) is 166 cm³/mol. The van der Waals surface area contributed by atoms with Gasteiger partial charge in [-0.15, -0.1) is 0 Å². The van der Waals surface area contributed by atoms with Gasteiger partial charge in [-0.1, -0.05) is 18.2 Å². The Hall–Kier alpha value is -4.96. The van der Waals surface area contributed by atoms with Crippen molar-refractivity contribution in [3.63, 3.8) is 0 Å². The first-order valence-electron chi connectivity index (χ1n) is 14.3. The van der Waals surface area contributed by atoms with Crippen molar-refractivity contribution in [3.05, 3.63) is 107 Å². The third-order valence-electron chi connectivity index (χ3n) is 8.06. The van der Waals surface area contributed by atoms with E-state index in [0.717, 1.165) is 12.8 Å². The number of anilines is 2. The van der Waals surface area contributed by atoms with Gasteiger partial charge in [0, 0.05) is 37.5 Å². The Balaban J connectivity index is 1.41. The number of carbonyl (C=O) groups is 1.